The summed E-state index contributed by atoms with van der Waals surface area (Å²) in [6, 6.07) is 10.00. The van der Waals surface area contributed by atoms with Gasteiger partial charge in [-0.1, -0.05) is 6.92 Å². The van der Waals surface area contributed by atoms with Gasteiger partial charge in [-0.2, -0.15) is 0 Å². The molecule has 1 aliphatic rings. The van der Waals surface area contributed by atoms with Crippen LogP contribution in [0.1, 0.15) is 19.8 Å². The topological polar surface area (TPSA) is 124 Å². The zero-order valence-electron chi connectivity index (χ0n) is 19.9. The number of amides is 4. The number of nitrogens with one attached hydrogen (secondary N) is 1. The Morgan fingerprint density at radius 1 is 0.943 bits per heavy atom. The van der Waals surface area contributed by atoms with Gasteiger partial charge >= 0.3 is 0 Å². The molecule has 1 saturated heterocycles. The lowest BCUT2D eigenvalue weighted by Gasteiger charge is -2.27. The fourth-order valence-electron chi connectivity index (χ4n) is 3.48. The van der Waals surface area contributed by atoms with E-state index in [4.69, 9.17) is 18.9 Å². The van der Waals surface area contributed by atoms with Gasteiger partial charge in [0, 0.05) is 24.6 Å². The van der Waals surface area contributed by atoms with Crippen molar-refractivity contribution in [3.8, 4) is 23.0 Å². The second-order valence-corrected chi connectivity index (χ2v) is 7.47. The number of nitrogens with zero attached hydrogens (tertiary/aromatic N) is 2. The van der Waals surface area contributed by atoms with Crippen LogP contribution in [-0.2, 0) is 19.2 Å². The summed E-state index contributed by atoms with van der Waals surface area (Å²) in [7, 11) is 4.42. The molecule has 0 aromatic heterocycles. The Kier molecular flexibility index (Phi) is 8.13. The number of hydrogen-bond acceptors (Lipinski definition) is 8. The molecule has 0 bridgehead atoms. The molecule has 3 rings (SSSR count). The number of hydrazine groups is 1. The van der Waals surface area contributed by atoms with Gasteiger partial charge in [0.25, 0.3) is 11.8 Å². The van der Waals surface area contributed by atoms with Crippen molar-refractivity contribution in [1.82, 2.24) is 10.4 Å². The summed E-state index contributed by atoms with van der Waals surface area (Å²) in [6.45, 7) is 1.17. The zero-order chi connectivity index (χ0) is 25.5. The molecule has 1 heterocycles. The highest BCUT2D eigenvalue weighted by atomic mass is 16.5. The predicted octanol–water partition coefficient (Wildman–Crippen LogP) is 1.69. The molecular formula is C24H27N3O8. The lowest BCUT2D eigenvalue weighted by molar-refractivity contribution is -0.148. The van der Waals surface area contributed by atoms with Crippen LogP contribution in [0.2, 0.25) is 0 Å². The molecule has 11 heteroatoms. The average Bonchev–Trinajstić information content (AvgIpc) is 3.18. The Balaban J connectivity index is 1.75. The van der Waals surface area contributed by atoms with E-state index in [1.807, 2.05) is 0 Å². The highest BCUT2D eigenvalue weighted by Crippen LogP contribution is 2.32. The van der Waals surface area contributed by atoms with E-state index < -0.39 is 36.3 Å². The molecule has 1 N–H and O–H groups in total. The lowest BCUT2D eigenvalue weighted by Crippen LogP contribution is -2.55. The Labute approximate surface area is 202 Å². The van der Waals surface area contributed by atoms with E-state index in [1.165, 1.54) is 33.5 Å². The third-order valence-electron chi connectivity index (χ3n) is 5.27. The highest BCUT2D eigenvalue weighted by molar-refractivity contribution is 6.23. The van der Waals surface area contributed by atoms with Crippen molar-refractivity contribution in [2.45, 2.75) is 25.8 Å². The Hall–Kier alpha value is -4.28. The summed E-state index contributed by atoms with van der Waals surface area (Å²) in [5.74, 6) is -0.578. The Morgan fingerprint density at radius 2 is 1.51 bits per heavy atom. The van der Waals surface area contributed by atoms with Crippen molar-refractivity contribution in [1.29, 1.82) is 0 Å². The van der Waals surface area contributed by atoms with E-state index in [-0.39, 0.29) is 18.5 Å². The molecule has 2 aromatic carbocycles. The third-order valence-corrected chi connectivity index (χ3v) is 5.27. The van der Waals surface area contributed by atoms with Crippen LogP contribution in [-0.4, -0.2) is 62.6 Å². The van der Waals surface area contributed by atoms with Crippen molar-refractivity contribution >= 4 is 29.3 Å². The van der Waals surface area contributed by atoms with Gasteiger partial charge in [-0.15, -0.1) is 0 Å². The summed E-state index contributed by atoms with van der Waals surface area (Å²) < 4.78 is 20.9. The zero-order valence-corrected chi connectivity index (χ0v) is 19.9. The first-order valence-corrected chi connectivity index (χ1v) is 10.8. The van der Waals surface area contributed by atoms with E-state index in [2.05, 4.69) is 5.43 Å². The van der Waals surface area contributed by atoms with Gasteiger partial charge in [-0.05, 0) is 24.3 Å². The average molecular weight is 485 g/mol. The normalized spacial score (nSPS) is 15.0. The van der Waals surface area contributed by atoms with E-state index in [9.17, 15) is 19.2 Å². The number of hydrogen-bond donors (Lipinski definition) is 1. The Bertz CT molecular complexity index is 1080. The minimum absolute atomic E-state index is 0.00453. The molecule has 1 atom stereocenters. The molecule has 186 valence electrons. The maximum Gasteiger partial charge on any atom is 0.276 e. The molecular weight excluding hydrogens is 458 g/mol. The minimum atomic E-state index is -1.21. The summed E-state index contributed by atoms with van der Waals surface area (Å²) in [6.07, 6.45) is -0.297. The van der Waals surface area contributed by atoms with E-state index in [0.29, 0.717) is 23.0 Å². The predicted molar refractivity (Wildman–Crippen MR) is 124 cm³/mol. The Morgan fingerprint density at radius 3 is 2.06 bits per heavy atom. The fraction of sp³-hybridized carbons (Fsp3) is 0.333. The third kappa shape index (κ3) is 5.81. The van der Waals surface area contributed by atoms with Crippen LogP contribution < -0.4 is 29.3 Å². The van der Waals surface area contributed by atoms with Gasteiger partial charge in [0.1, 0.15) is 29.0 Å². The van der Waals surface area contributed by atoms with Crippen molar-refractivity contribution in [2.75, 3.05) is 32.8 Å². The maximum atomic E-state index is 13.2. The standard InChI is InChI=1S/C24H27N3O8/c1-5-22(29)27(25-21(28)14-35-17-8-6-16(32-2)7-9-17)20-13-23(30)26(24(20)31)15-10-18(33-3)12-19(11-15)34-4/h6-12,20H,5,13-14H2,1-4H3,(H,25,28). The summed E-state index contributed by atoms with van der Waals surface area (Å²) in [5, 5.41) is 0.900. The molecule has 11 nitrogen and oxygen atoms in total. The molecule has 0 saturated carbocycles. The van der Waals surface area contributed by atoms with Crippen LogP contribution in [0.3, 0.4) is 0 Å². The summed E-state index contributed by atoms with van der Waals surface area (Å²) in [4.78, 5) is 52.1. The summed E-state index contributed by atoms with van der Waals surface area (Å²) in [5.41, 5.74) is 2.65. The number of methoxy groups -OCH3 is 3. The number of carbonyl (C=O) groups is 4. The SMILES string of the molecule is CCC(=O)N(NC(=O)COc1ccc(OC)cc1)C1CC(=O)N(c2cc(OC)cc(OC)c2)C1=O. The van der Waals surface area contributed by atoms with Crippen LogP contribution >= 0.6 is 0 Å². The van der Waals surface area contributed by atoms with Crippen molar-refractivity contribution < 1.29 is 38.1 Å². The van der Waals surface area contributed by atoms with Crippen LogP contribution in [0, 0.1) is 0 Å². The second kappa shape index (κ2) is 11.2. The molecule has 0 radical (unpaired) electrons. The molecule has 4 amide bonds. The van der Waals surface area contributed by atoms with Crippen LogP contribution in [0.15, 0.2) is 42.5 Å². The van der Waals surface area contributed by atoms with Gasteiger partial charge in [0.15, 0.2) is 6.61 Å². The monoisotopic (exact) mass is 485 g/mol. The van der Waals surface area contributed by atoms with Crippen LogP contribution in [0.5, 0.6) is 23.0 Å². The van der Waals surface area contributed by atoms with Crippen molar-refractivity contribution in [3.05, 3.63) is 42.5 Å². The molecule has 1 unspecified atom stereocenters. The number of ether oxygens (including phenoxy) is 4. The molecule has 35 heavy (non-hydrogen) atoms. The van der Waals surface area contributed by atoms with Crippen LogP contribution in [0.4, 0.5) is 5.69 Å². The van der Waals surface area contributed by atoms with E-state index in [1.54, 1.807) is 37.3 Å². The van der Waals surface area contributed by atoms with E-state index in [0.717, 1.165) is 9.91 Å². The largest absolute Gasteiger partial charge is 0.497 e. The molecule has 0 aliphatic carbocycles. The number of carbonyl (C=O) groups excluding carboxylic acids is 4. The quantitative estimate of drug-likeness (QED) is 0.421. The molecule has 0 spiro atoms. The van der Waals surface area contributed by atoms with Gasteiger partial charge in [0.2, 0.25) is 11.8 Å². The fourth-order valence-corrected chi connectivity index (χ4v) is 3.48. The number of imide groups is 1. The molecule has 1 aliphatic heterocycles. The van der Waals surface area contributed by atoms with Crippen molar-refractivity contribution in [2.24, 2.45) is 0 Å². The number of anilines is 1. The second-order valence-electron chi connectivity index (χ2n) is 7.47. The lowest BCUT2D eigenvalue weighted by atomic mass is 10.2. The number of benzene rings is 2. The molecule has 1 fully saturated rings. The van der Waals surface area contributed by atoms with Gasteiger partial charge in [-0.3, -0.25) is 24.6 Å². The van der Waals surface area contributed by atoms with Crippen molar-refractivity contribution in [3.63, 3.8) is 0 Å². The summed E-state index contributed by atoms with van der Waals surface area (Å²) >= 11 is 0. The first kappa shape index (κ1) is 25.3. The van der Waals surface area contributed by atoms with Crippen LogP contribution in [0.25, 0.3) is 0 Å². The number of rotatable bonds is 9. The first-order valence-electron chi connectivity index (χ1n) is 10.8. The maximum absolute atomic E-state index is 13.2. The molecule has 2 aromatic rings. The highest BCUT2D eigenvalue weighted by Gasteiger charge is 2.45. The van der Waals surface area contributed by atoms with Gasteiger partial charge in [0.05, 0.1) is 33.4 Å². The van der Waals surface area contributed by atoms with E-state index >= 15 is 0 Å². The van der Waals surface area contributed by atoms with Gasteiger partial charge in [-0.25, -0.2) is 9.91 Å². The first-order chi connectivity index (χ1) is 16.8. The smallest absolute Gasteiger partial charge is 0.276 e. The van der Waals surface area contributed by atoms with Gasteiger partial charge < -0.3 is 18.9 Å². The minimum Gasteiger partial charge on any atom is -0.497 e.